The van der Waals surface area contributed by atoms with Gasteiger partial charge in [-0.2, -0.15) is 5.10 Å². The molecule has 0 saturated carbocycles. The summed E-state index contributed by atoms with van der Waals surface area (Å²) in [4.78, 5) is 11.6. The molecular formula is C13H15FN4O3S. The minimum atomic E-state index is -3.76. The molecule has 118 valence electrons. The minimum absolute atomic E-state index is 0.0493. The van der Waals surface area contributed by atoms with E-state index < -0.39 is 15.8 Å². The van der Waals surface area contributed by atoms with Crippen molar-refractivity contribution in [1.82, 2.24) is 14.9 Å². The van der Waals surface area contributed by atoms with Crippen molar-refractivity contribution < 1.29 is 17.6 Å². The number of benzene rings is 1. The normalized spacial score (nSPS) is 11.4. The summed E-state index contributed by atoms with van der Waals surface area (Å²) in [6.07, 6.45) is -0.0493. The van der Waals surface area contributed by atoms with Crippen LogP contribution in [0.25, 0.3) is 0 Å². The van der Waals surface area contributed by atoms with E-state index in [2.05, 4.69) is 20.2 Å². The number of hydrogen-bond donors (Lipinski definition) is 3. The van der Waals surface area contributed by atoms with Gasteiger partial charge in [-0.05, 0) is 31.2 Å². The largest absolute Gasteiger partial charge is 0.309 e. The average Bonchev–Trinajstić information content (AvgIpc) is 2.84. The molecule has 9 heteroatoms. The number of H-pyrrole nitrogens is 1. The number of nitrogens with zero attached hydrogens (tertiary/aromatic N) is 1. The highest BCUT2D eigenvalue weighted by Crippen LogP contribution is 2.09. The quantitative estimate of drug-likeness (QED) is 0.741. The van der Waals surface area contributed by atoms with Crippen molar-refractivity contribution >= 4 is 21.7 Å². The summed E-state index contributed by atoms with van der Waals surface area (Å²) in [7, 11) is -3.76. The fourth-order valence-electron chi connectivity index (χ4n) is 1.68. The lowest BCUT2D eigenvalue weighted by atomic mass is 10.4. The molecule has 1 aromatic heterocycles. The molecule has 3 N–H and O–H groups in total. The summed E-state index contributed by atoms with van der Waals surface area (Å²) in [6, 6.07) is 6.08. The molecule has 7 nitrogen and oxygen atoms in total. The van der Waals surface area contributed by atoms with E-state index in [9.17, 15) is 17.6 Å². The molecule has 2 rings (SSSR count). The Morgan fingerprint density at radius 1 is 1.32 bits per heavy atom. The Hall–Kier alpha value is -2.26. The van der Waals surface area contributed by atoms with Crippen molar-refractivity contribution in [3.8, 4) is 0 Å². The van der Waals surface area contributed by atoms with E-state index in [4.69, 9.17) is 0 Å². The van der Waals surface area contributed by atoms with Crippen LogP contribution in [0.4, 0.5) is 10.2 Å². The first-order valence-corrected chi connectivity index (χ1v) is 7.92. The Bertz CT molecular complexity index is 756. The SMILES string of the molecule is Cc1cc(NC(=O)CCNS(=O)(=O)c2ccc(F)cc2)n[nH]1. The van der Waals surface area contributed by atoms with Gasteiger partial charge >= 0.3 is 0 Å². The number of aromatic nitrogens is 2. The highest BCUT2D eigenvalue weighted by Gasteiger charge is 2.14. The number of rotatable bonds is 6. The molecule has 0 atom stereocenters. The monoisotopic (exact) mass is 326 g/mol. The van der Waals surface area contributed by atoms with Crippen LogP contribution < -0.4 is 10.0 Å². The molecule has 1 amide bonds. The number of sulfonamides is 1. The fraction of sp³-hybridized carbons (Fsp3) is 0.231. The Labute approximate surface area is 127 Å². The third-order valence-electron chi connectivity index (χ3n) is 2.74. The van der Waals surface area contributed by atoms with E-state index in [-0.39, 0.29) is 23.8 Å². The number of halogens is 1. The predicted octanol–water partition coefficient (Wildman–Crippen LogP) is 1.16. The van der Waals surface area contributed by atoms with Gasteiger partial charge in [0.15, 0.2) is 5.82 Å². The standard InChI is InChI=1S/C13H15FN4O3S/c1-9-8-12(18-17-9)16-13(19)6-7-15-22(20,21)11-4-2-10(14)3-5-11/h2-5,8,15H,6-7H2,1H3,(H2,16,17,18,19). The van der Waals surface area contributed by atoms with Crippen molar-refractivity contribution in [2.45, 2.75) is 18.2 Å². The van der Waals surface area contributed by atoms with Crippen LogP contribution in [0.1, 0.15) is 12.1 Å². The van der Waals surface area contributed by atoms with Crippen molar-refractivity contribution in [3.05, 3.63) is 41.8 Å². The van der Waals surface area contributed by atoms with Crippen LogP contribution in [-0.4, -0.2) is 31.1 Å². The molecule has 0 aliphatic heterocycles. The maximum absolute atomic E-state index is 12.8. The van der Waals surface area contributed by atoms with E-state index in [1.54, 1.807) is 13.0 Å². The zero-order valence-corrected chi connectivity index (χ0v) is 12.6. The summed E-state index contributed by atoms with van der Waals surface area (Å²) < 4.78 is 38.9. The van der Waals surface area contributed by atoms with E-state index in [0.29, 0.717) is 5.82 Å². The van der Waals surface area contributed by atoms with Crippen LogP contribution in [0.2, 0.25) is 0 Å². The molecule has 0 spiro atoms. The number of aryl methyl sites for hydroxylation is 1. The lowest BCUT2D eigenvalue weighted by Gasteiger charge is -2.06. The second kappa shape index (κ2) is 6.67. The van der Waals surface area contributed by atoms with Gasteiger partial charge in [-0.3, -0.25) is 9.89 Å². The maximum atomic E-state index is 12.8. The first kappa shape index (κ1) is 16.1. The van der Waals surface area contributed by atoms with Gasteiger partial charge in [-0.25, -0.2) is 17.5 Å². The van der Waals surface area contributed by atoms with Crippen LogP contribution in [0.5, 0.6) is 0 Å². The number of anilines is 1. The first-order valence-electron chi connectivity index (χ1n) is 6.44. The second-order valence-electron chi connectivity index (χ2n) is 4.59. The summed E-state index contributed by atoms with van der Waals surface area (Å²) >= 11 is 0. The van der Waals surface area contributed by atoms with Crippen LogP contribution in [-0.2, 0) is 14.8 Å². The number of hydrogen-bond acceptors (Lipinski definition) is 4. The third kappa shape index (κ3) is 4.37. The lowest BCUT2D eigenvalue weighted by molar-refractivity contribution is -0.116. The number of nitrogens with one attached hydrogen (secondary N) is 3. The van der Waals surface area contributed by atoms with E-state index in [1.807, 2.05) is 0 Å². The molecular weight excluding hydrogens is 311 g/mol. The number of aromatic amines is 1. The molecule has 0 unspecified atom stereocenters. The van der Waals surface area contributed by atoms with Crippen molar-refractivity contribution in [2.24, 2.45) is 0 Å². The van der Waals surface area contributed by atoms with Gasteiger partial charge < -0.3 is 5.32 Å². The molecule has 1 heterocycles. The number of carbonyl (C=O) groups is 1. The van der Waals surface area contributed by atoms with Crippen LogP contribution >= 0.6 is 0 Å². The van der Waals surface area contributed by atoms with E-state index >= 15 is 0 Å². The van der Waals surface area contributed by atoms with Gasteiger partial charge in [-0.15, -0.1) is 0 Å². The third-order valence-corrected chi connectivity index (χ3v) is 4.22. The van der Waals surface area contributed by atoms with Gasteiger partial charge in [0.05, 0.1) is 4.90 Å². The zero-order chi connectivity index (χ0) is 16.2. The Morgan fingerprint density at radius 3 is 2.59 bits per heavy atom. The topological polar surface area (TPSA) is 104 Å². The van der Waals surface area contributed by atoms with Crippen molar-refractivity contribution in [3.63, 3.8) is 0 Å². The van der Waals surface area contributed by atoms with E-state index in [1.165, 1.54) is 0 Å². The summed E-state index contributed by atoms with van der Waals surface area (Å²) in [6.45, 7) is 1.72. The Morgan fingerprint density at radius 2 is 2.00 bits per heavy atom. The number of carbonyl (C=O) groups excluding carboxylic acids is 1. The van der Waals surface area contributed by atoms with E-state index in [0.717, 1.165) is 30.0 Å². The smallest absolute Gasteiger partial charge is 0.240 e. The molecule has 0 fully saturated rings. The molecule has 0 radical (unpaired) electrons. The molecule has 22 heavy (non-hydrogen) atoms. The lowest BCUT2D eigenvalue weighted by Crippen LogP contribution is -2.27. The maximum Gasteiger partial charge on any atom is 0.240 e. The highest BCUT2D eigenvalue weighted by atomic mass is 32.2. The highest BCUT2D eigenvalue weighted by molar-refractivity contribution is 7.89. The number of amides is 1. The molecule has 0 aliphatic rings. The van der Waals surface area contributed by atoms with Gasteiger partial charge in [0, 0.05) is 24.7 Å². The zero-order valence-electron chi connectivity index (χ0n) is 11.8. The average molecular weight is 326 g/mol. The summed E-state index contributed by atoms with van der Waals surface area (Å²) in [5, 5.41) is 9.04. The second-order valence-corrected chi connectivity index (χ2v) is 6.35. The molecule has 0 saturated heterocycles. The van der Waals surface area contributed by atoms with Gasteiger partial charge in [0.2, 0.25) is 15.9 Å². The first-order chi connectivity index (χ1) is 10.4. The van der Waals surface area contributed by atoms with Crippen LogP contribution in [0, 0.1) is 12.7 Å². The van der Waals surface area contributed by atoms with Gasteiger partial charge in [0.1, 0.15) is 5.82 Å². The fourth-order valence-corrected chi connectivity index (χ4v) is 2.72. The van der Waals surface area contributed by atoms with Crippen molar-refractivity contribution in [1.29, 1.82) is 0 Å². The molecule has 2 aromatic rings. The van der Waals surface area contributed by atoms with Gasteiger partial charge in [-0.1, -0.05) is 0 Å². The molecule has 0 bridgehead atoms. The molecule has 0 aliphatic carbocycles. The minimum Gasteiger partial charge on any atom is -0.309 e. The Balaban J connectivity index is 1.84. The summed E-state index contributed by atoms with van der Waals surface area (Å²) in [5.41, 5.74) is 0.798. The Kier molecular flexibility index (Phi) is 4.88. The van der Waals surface area contributed by atoms with Gasteiger partial charge in [0.25, 0.3) is 0 Å². The predicted molar refractivity (Wildman–Crippen MR) is 78.2 cm³/mol. The van der Waals surface area contributed by atoms with Crippen LogP contribution in [0.3, 0.4) is 0 Å². The van der Waals surface area contributed by atoms with Crippen LogP contribution in [0.15, 0.2) is 35.2 Å². The summed E-state index contributed by atoms with van der Waals surface area (Å²) in [5.74, 6) is -0.509. The molecule has 1 aromatic carbocycles. The van der Waals surface area contributed by atoms with Crippen molar-refractivity contribution in [2.75, 3.05) is 11.9 Å².